The molecule has 2 N–H and O–H groups in total. The highest BCUT2D eigenvalue weighted by Crippen LogP contribution is 2.26. The highest BCUT2D eigenvalue weighted by Gasteiger charge is 2.35. The average Bonchev–Trinajstić information content (AvgIpc) is 2.90. The number of benzene rings is 1. The number of hydrogen-bond donors (Lipinski definition) is 1. The Balaban J connectivity index is 1.89. The van der Waals surface area contributed by atoms with Gasteiger partial charge in [0, 0.05) is 24.0 Å². The normalized spacial score (nSPS) is 22.0. The monoisotopic (exact) mass is 323 g/mol. The summed E-state index contributed by atoms with van der Waals surface area (Å²) in [5.41, 5.74) is 7.05. The Labute approximate surface area is 130 Å². The number of rotatable bonds is 4. The number of sulfonamides is 1. The van der Waals surface area contributed by atoms with Crippen LogP contribution in [0.2, 0.25) is 0 Å². The fourth-order valence-corrected chi connectivity index (χ4v) is 4.94. The fourth-order valence-electron chi connectivity index (χ4n) is 3.10. The lowest BCUT2D eigenvalue weighted by molar-refractivity contribution is 0.227. The molecule has 1 fully saturated rings. The molecule has 1 aliphatic heterocycles. The van der Waals surface area contributed by atoms with E-state index >= 15 is 0 Å². The molecule has 0 bridgehead atoms. The van der Waals surface area contributed by atoms with Crippen LogP contribution >= 0.6 is 0 Å². The maximum atomic E-state index is 12.8. The van der Waals surface area contributed by atoms with E-state index in [2.05, 4.69) is 5.16 Å². The molecule has 1 aromatic heterocycles. The zero-order valence-electron chi connectivity index (χ0n) is 12.6. The standard InChI is InChI=1S/C15H21N3O3S/c1-11(16)14-7-4-5-9-18(14)22(19,20)10-13-12-6-2-3-8-15(12)21-17-13/h2-3,6,8,11,14H,4-5,7,9-10,16H2,1H3. The molecule has 1 aliphatic rings. The summed E-state index contributed by atoms with van der Waals surface area (Å²) >= 11 is 0. The maximum Gasteiger partial charge on any atom is 0.220 e. The third kappa shape index (κ3) is 2.88. The second-order valence-corrected chi connectivity index (χ2v) is 7.84. The number of fused-ring (bicyclic) bond motifs is 1. The van der Waals surface area contributed by atoms with E-state index in [-0.39, 0.29) is 17.8 Å². The van der Waals surface area contributed by atoms with Gasteiger partial charge in [0.05, 0.1) is 0 Å². The molecule has 0 spiro atoms. The molecule has 120 valence electrons. The summed E-state index contributed by atoms with van der Waals surface area (Å²) in [4.78, 5) is 0. The van der Waals surface area contributed by atoms with Crippen molar-refractivity contribution in [2.24, 2.45) is 5.73 Å². The zero-order valence-corrected chi connectivity index (χ0v) is 13.4. The van der Waals surface area contributed by atoms with Crippen molar-refractivity contribution in [2.75, 3.05) is 6.54 Å². The molecule has 3 rings (SSSR count). The minimum Gasteiger partial charge on any atom is -0.356 e. The van der Waals surface area contributed by atoms with Gasteiger partial charge in [-0.2, -0.15) is 4.31 Å². The molecule has 0 saturated carbocycles. The first kappa shape index (κ1) is 15.5. The van der Waals surface area contributed by atoms with Crippen molar-refractivity contribution in [1.82, 2.24) is 9.46 Å². The van der Waals surface area contributed by atoms with Gasteiger partial charge in [-0.15, -0.1) is 0 Å². The first-order valence-corrected chi connectivity index (χ1v) is 9.18. The van der Waals surface area contributed by atoms with Gasteiger partial charge >= 0.3 is 0 Å². The number of aromatic nitrogens is 1. The van der Waals surface area contributed by atoms with Gasteiger partial charge in [-0.1, -0.05) is 23.7 Å². The van der Waals surface area contributed by atoms with Crippen molar-refractivity contribution in [3.05, 3.63) is 30.0 Å². The number of nitrogens with two attached hydrogens (primary N) is 1. The molecule has 0 aliphatic carbocycles. The summed E-state index contributed by atoms with van der Waals surface area (Å²) in [6.45, 7) is 2.40. The third-order valence-electron chi connectivity index (χ3n) is 4.23. The first-order chi connectivity index (χ1) is 10.5. The lowest BCUT2D eigenvalue weighted by Crippen LogP contribution is -2.51. The minimum absolute atomic E-state index is 0.128. The molecule has 2 atom stereocenters. The smallest absolute Gasteiger partial charge is 0.220 e. The second kappa shape index (κ2) is 5.98. The Morgan fingerprint density at radius 1 is 1.41 bits per heavy atom. The van der Waals surface area contributed by atoms with Crippen molar-refractivity contribution < 1.29 is 12.9 Å². The van der Waals surface area contributed by atoms with Crippen LogP contribution in [0.3, 0.4) is 0 Å². The van der Waals surface area contributed by atoms with E-state index in [0.717, 1.165) is 24.6 Å². The largest absolute Gasteiger partial charge is 0.356 e. The number of nitrogens with zero attached hydrogens (tertiary/aromatic N) is 2. The van der Waals surface area contributed by atoms with E-state index in [9.17, 15) is 8.42 Å². The highest BCUT2D eigenvalue weighted by atomic mass is 32.2. The van der Waals surface area contributed by atoms with Gasteiger partial charge in [0.15, 0.2) is 5.58 Å². The summed E-state index contributed by atoms with van der Waals surface area (Å²) in [5.74, 6) is -0.146. The Bertz CT molecular complexity index is 754. The SMILES string of the molecule is CC(N)C1CCCCN1S(=O)(=O)Cc1noc2ccccc12. The van der Waals surface area contributed by atoms with E-state index in [1.54, 1.807) is 10.4 Å². The van der Waals surface area contributed by atoms with Crippen molar-refractivity contribution >= 4 is 21.0 Å². The molecule has 0 amide bonds. The molecule has 2 unspecified atom stereocenters. The van der Waals surface area contributed by atoms with Crippen LogP contribution in [0.4, 0.5) is 0 Å². The van der Waals surface area contributed by atoms with Crippen molar-refractivity contribution in [3.63, 3.8) is 0 Å². The van der Waals surface area contributed by atoms with Crippen molar-refractivity contribution in [1.29, 1.82) is 0 Å². The topological polar surface area (TPSA) is 89.4 Å². The molecule has 0 radical (unpaired) electrons. The van der Waals surface area contributed by atoms with Crippen LogP contribution in [0, 0.1) is 0 Å². The van der Waals surface area contributed by atoms with Crippen LogP contribution in [0.15, 0.2) is 28.8 Å². The molecule has 1 saturated heterocycles. The zero-order chi connectivity index (χ0) is 15.7. The summed E-state index contributed by atoms with van der Waals surface area (Å²) in [6, 6.07) is 6.99. The molecule has 22 heavy (non-hydrogen) atoms. The number of para-hydroxylation sites is 1. The average molecular weight is 323 g/mol. The van der Waals surface area contributed by atoms with Crippen LogP contribution in [-0.2, 0) is 15.8 Å². The lowest BCUT2D eigenvalue weighted by Gasteiger charge is -2.36. The Morgan fingerprint density at radius 2 is 2.18 bits per heavy atom. The summed E-state index contributed by atoms with van der Waals surface area (Å²) in [7, 11) is -3.46. The van der Waals surface area contributed by atoms with Crippen molar-refractivity contribution in [2.45, 2.75) is 44.0 Å². The lowest BCUT2D eigenvalue weighted by atomic mass is 10.00. The number of hydrogen-bond acceptors (Lipinski definition) is 5. The predicted octanol–water partition coefficient (Wildman–Crippen LogP) is 1.86. The van der Waals surface area contributed by atoms with Crippen molar-refractivity contribution in [3.8, 4) is 0 Å². The quantitative estimate of drug-likeness (QED) is 0.927. The first-order valence-electron chi connectivity index (χ1n) is 7.57. The molecule has 2 heterocycles. The van der Waals surface area contributed by atoms with Gasteiger partial charge in [-0.05, 0) is 31.9 Å². The fraction of sp³-hybridized carbons (Fsp3) is 0.533. The third-order valence-corrected chi connectivity index (χ3v) is 6.04. The highest BCUT2D eigenvalue weighted by molar-refractivity contribution is 7.88. The van der Waals surface area contributed by atoms with Crippen LogP contribution in [-0.4, -0.2) is 36.5 Å². The van der Waals surface area contributed by atoms with E-state index in [4.69, 9.17) is 10.3 Å². The maximum absolute atomic E-state index is 12.8. The van der Waals surface area contributed by atoms with E-state index in [0.29, 0.717) is 17.8 Å². The van der Waals surface area contributed by atoms with E-state index in [1.807, 2.05) is 25.1 Å². The minimum atomic E-state index is -3.46. The summed E-state index contributed by atoms with van der Waals surface area (Å²) < 4.78 is 32.4. The van der Waals surface area contributed by atoms with Gasteiger partial charge in [0.2, 0.25) is 10.0 Å². The Hall–Kier alpha value is -1.44. The molecule has 2 aromatic rings. The Kier molecular flexibility index (Phi) is 4.20. The van der Waals surface area contributed by atoms with Gasteiger partial charge < -0.3 is 10.3 Å². The molecule has 1 aromatic carbocycles. The molecule has 7 heteroatoms. The van der Waals surface area contributed by atoms with Crippen LogP contribution in [0.25, 0.3) is 11.0 Å². The Morgan fingerprint density at radius 3 is 2.95 bits per heavy atom. The molecular formula is C15H21N3O3S. The van der Waals surface area contributed by atoms with Gasteiger partial charge in [0.25, 0.3) is 0 Å². The van der Waals surface area contributed by atoms with Crippen LogP contribution in [0.5, 0.6) is 0 Å². The second-order valence-electron chi connectivity index (χ2n) is 5.91. The summed E-state index contributed by atoms with van der Waals surface area (Å²) in [5, 5.41) is 4.68. The molecule has 6 nitrogen and oxygen atoms in total. The van der Waals surface area contributed by atoms with Gasteiger partial charge in [-0.3, -0.25) is 0 Å². The summed E-state index contributed by atoms with van der Waals surface area (Å²) in [6.07, 6.45) is 2.71. The molecular weight excluding hydrogens is 302 g/mol. The van der Waals surface area contributed by atoms with E-state index in [1.165, 1.54) is 0 Å². The van der Waals surface area contributed by atoms with Gasteiger partial charge in [0.1, 0.15) is 11.4 Å². The number of piperidine rings is 1. The van der Waals surface area contributed by atoms with E-state index < -0.39 is 10.0 Å². The van der Waals surface area contributed by atoms with Crippen LogP contribution in [0.1, 0.15) is 31.9 Å². The van der Waals surface area contributed by atoms with Crippen LogP contribution < -0.4 is 5.73 Å². The predicted molar refractivity (Wildman–Crippen MR) is 84.6 cm³/mol. The van der Waals surface area contributed by atoms with Gasteiger partial charge in [-0.25, -0.2) is 8.42 Å².